The number of carboxylic acid groups (broad SMARTS) is 1. The summed E-state index contributed by atoms with van der Waals surface area (Å²) in [5, 5.41) is 9.32. The van der Waals surface area contributed by atoms with E-state index in [0.29, 0.717) is 5.52 Å². The molecule has 1 saturated heterocycles. The smallest absolute Gasteiger partial charge is 0.492 e. The fraction of sp³-hybridized carbons (Fsp3) is 0.474. The number of halogens is 4. The van der Waals surface area contributed by atoms with Crippen LogP contribution >= 0.6 is 0 Å². The number of aromatic nitrogens is 1. The van der Waals surface area contributed by atoms with Crippen LogP contribution in [0.15, 0.2) is 17.1 Å². The van der Waals surface area contributed by atoms with Gasteiger partial charge in [-0.15, -0.1) is 0 Å². The van der Waals surface area contributed by atoms with E-state index < -0.39 is 49.2 Å². The van der Waals surface area contributed by atoms with E-state index in [0.717, 1.165) is 18.9 Å². The Bertz CT molecular complexity index is 1050. The second-order valence-electron chi connectivity index (χ2n) is 7.54. The normalized spacial score (nSPS) is 20.4. The van der Waals surface area contributed by atoms with Crippen LogP contribution in [0.5, 0.6) is 5.75 Å². The molecule has 4 rings (SSSR count). The molecule has 1 aliphatic carbocycles. The van der Waals surface area contributed by atoms with Crippen LogP contribution in [0.4, 0.5) is 23.1 Å². The number of methoxy groups -OCH3 is 1. The van der Waals surface area contributed by atoms with Gasteiger partial charge in [0, 0.05) is 37.3 Å². The number of nitrogens with zero attached hydrogens (tertiary/aromatic N) is 2. The third kappa shape index (κ3) is 4.21. The number of ether oxygens (including phenoxy) is 1. The highest BCUT2D eigenvalue weighted by molar-refractivity contribution is 6.15. The molecule has 7 nitrogen and oxygen atoms in total. The molecule has 1 aromatic heterocycles. The van der Waals surface area contributed by atoms with Crippen molar-refractivity contribution in [2.75, 3.05) is 31.8 Å². The van der Waals surface area contributed by atoms with E-state index in [1.165, 1.54) is 13.3 Å². The van der Waals surface area contributed by atoms with Gasteiger partial charge in [-0.2, -0.15) is 0 Å². The zero-order valence-electron chi connectivity index (χ0n) is 16.8. The number of rotatable bonds is 5. The standard InChI is InChI=1S/C19H21F2N3O4.BF2H/c1-28-18-15-11(17(25)12(19(26)27)7-24(15)10-2-3-10)4-13(21)16(18)23-6-9(5-20)14(22)8-23;2-1-3/h4,7,9-10,14H,2-3,5-6,8,22H2,1H3,(H,26,27);1H/t9-,14+;/m0./s1. The minimum Gasteiger partial charge on any atom is -0.492 e. The van der Waals surface area contributed by atoms with Gasteiger partial charge in [0.15, 0.2) is 11.6 Å². The first-order valence-electron chi connectivity index (χ1n) is 9.65. The molecule has 0 amide bonds. The van der Waals surface area contributed by atoms with Crippen LogP contribution in [0.1, 0.15) is 29.2 Å². The zero-order chi connectivity index (χ0) is 22.9. The Hall–Kier alpha value is -2.76. The summed E-state index contributed by atoms with van der Waals surface area (Å²) in [5.41, 5.74) is 5.28. The highest BCUT2D eigenvalue weighted by Gasteiger charge is 2.36. The lowest BCUT2D eigenvalue weighted by atomic mass is 10.1. The lowest BCUT2D eigenvalue weighted by Crippen LogP contribution is -2.30. The van der Waals surface area contributed by atoms with Crippen molar-refractivity contribution >= 4 is 30.4 Å². The summed E-state index contributed by atoms with van der Waals surface area (Å²) in [6, 6.07) is 0.632. The van der Waals surface area contributed by atoms with Crippen molar-refractivity contribution in [1.29, 1.82) is 0 Å². The van der Waals surface area contributed by atoms with Crippen LogP contribution in [0.25, 0.3) is 10.9 Å². The van der Waals surface area contributed by atoms with Crippen molar-refractivity contribution in [2.45, 2.75) is 24.9 Å². The van der Waals surface area contributed by atoms with Crippen LogP contribution in [0.2, 0.25) is 0 Å². The van der Waals surface area contributed by atoms with Gasteiger partial charge in [-0.25, -0.2) is 9.18 Å². The molecule has 0 radical (unpaired) electrons. The van der Waals surface area contributed by atoms with Gasteiger partial charge < -0.3 is 25.0 Å². The molecular formula is C19H22BF4N3O4. The van der Waals surface area contributed by atoms with Crippen LogP contribution in [-0.2, 0) is 0 Å². The molecule has 12 heteroatoms. The number of fused-ring (bicyclic) bond motifs is 1. The largest absolute Gasteiger partial charge is 0.521 e. The Labute approximate surface area is 175 Å². The first-order valence-corrected chi connectivity index (χ1v) is 9.65. The minimum atomic E-state index is -1.75. The molecule has 2 aliphatic rings. The van der Waals surface area contributed by atoms with Crippen molar-refractivity contribution in [3.63, 3.8) is 0 Å². The Morgan fingerprint density at radius 2 is 2.00 bits per heavy atom. The lowest BCUT2D eigenvalue weighted by Gasteiger charge is -2.24. The lowest BCUT2D eigenvalue weighted by molar-refractivity contribution is 0.0694. The third-order valence-electron chi connectivity index (χ3n) is 5.58. The number of hydrogen-bond donors (Lipinski definition) is 2. The molecule has 1 saturated carbocycles. The molecular weight excluding hydrogens is 421 g/mol. The Morgan fingerprint density at radius 1 is 1.35 bits per heavy atom. The number of benzene rings is 1. The average Bonchev–Trinajstić information content (AvgIpc) is 3.50. The molecule has 0 bridgehead atoms. The van der Waals surface area contributed by atoms with Gasteiger partial charge in [0.1, 0.15) is 11.3 Å². The molecule has 0 spiro atoms. The van der Waals surface area contributed by atoms with Gasteiger partial charge in [-0.3, -0.25) is 17.8 Å². The monoisotopic (exact) mass is 443 g/mol. The summed E-state index contributed by atoms with van der Waals surface area (Å²) in [6.45, 7) is -0.116. The van der Waals surface area contributed by atoms with E-state index in [2.05, 4.69) is 0 Å². The Morgan fingerprint density at radius 3 is 2.48 bits per heavy atom. The minimum absolute atomic E-state index is 0.0211. The second kappa shape index (κ2) is 9.17. The fourth-order valence-electron chi connectivity index (χ4n) is 3.97. The van der Waals surface area contributed by atoms with Gasteiger partial charge in [0.05, 0.1) is 24.7 Å². The first-order chi connectivity index (χ1) is 14.8. The number of anilines is 1. The van der Waals surface area contributed by atoms with E-state index >= 15 is 4.39 Å². The van der Waals surface area contributed by atoms with Crippen molar-refractivity contribution in [2.24, 2.45) is 11.7 Å². The van der Waals surface area contributed by atoms with E-state index in [-0.39, 0.29) is 36.0 Å². The molecule has 3 N–H and O–H groups in total. The summed E-state index contributed by atoms with van der Waals surface area (Å²) < 4.78 is 54.7. The van der Waals surface area contributed by atoms with E-state index in [9.17, 15) is 27.7 Å². The van der Waals surface area contributed by atoms with E-state index in [1.54, 1.807) is 9.47 Å². The quantitative estimate of drug-likeness (QED) is 0.543. The first kappa shape index (κ1) is 22.9. The van der Waals surface area contributed by atoms with Crippen molar-refractivity contribution in [3.05, 3.63) is 33.9 Å². The van der Waals surface area contributed by atoms with Crippen LogP contribution in [0.3, 0.4) is 0 Å². The number of aromatic carboxylic acids is 1. The van der Waals surface area contributed by atoms with Crippen LogP contribution in [-0.4, -0.2) is 56.4 Å². The molecule has 2 heterocycles. The Balaban J connectivity index is 0.000000858. The summed E-state index contributed by atoms with van der Waals surface area (Å²) in [5.74, 6) is -2.36. The highest BCUT2D eigenvalue weighted by atomic mass is 19.2. The number of alkyl halides is 1. The molecule has 1 aromatic carbocycles. The molecule has 2 aromatic rings. The fourth-order valence-corrected chi connectivity index (χ4v) is 3.97. The van der Waals surface area contributed by atoms with Gasteiger partial charge in [0.25, 0.3) is 0 Å². The van der Waals surface area contributed by atoms with Crippen molar-refractivity contribution in [1.82, 2.24) is 4.57 Å². The summed E-state index contributed by atoms with van der Waals surface area (Å²) in [7, 11) is -0.382. The van der Waals surface area contributed by atoms with Crippen LogP contribution in [0, 0.1) is 11.7 Å². The number of hydrogen-bond acceptors (Lipinski definition) is 5. The number of carboxylic acids is 1. The number of carbonyl (C=O) groups is 1. The zero-order valence-corrected chi connectivity index (χ0v) is 16.8. The predicted molar refractivity (Wildman–Crippen MR) is 109 cm³/mol. The third-order valence-corrected chi connectivity index (χ3v) is 5.58. The topological polar surface area (TPSA) is 97.8 Å². The molecule has 2 atom stereocenters. The maximum Gasteiger partial charge on any atom is 0.521 e. The van der Waals surface area contributed by atoms with Gasteiger partial charge in [-0.05, 0) is 18.9 Å². The maximum atomic E-state index is 15.1. The van der Waals surface area contributed by atoms with Crippen molar-refractivity contribution < 1.29 is 32.1 Å². The van der Waals surface area contributed by atoms with Gasteiger partial charge in [0.2, 0.25) is 5.43 Å². The van der Waals surface area contributed by atoms with Crippen LogP contribution < -0.4 is 20.8 Å². The summed E-state index contributed by atoms with van der Waals surface area (Å²) in [6.07, 6.45) is 2.95. The molecule has 1 aliphatic heterocycles. The molecule has 31 heavy (non-hydrogen) atoms. The van der Waals surface area contributed by atoms with Gasteiger partial charge >= 0.3 is 13.8 Å². The second-order valence-corrected chi connectivity index (χ2v) is 7.54. The molecule has 168 valence electrons. The van der Waals surface area contributed by atoms with E-state index in [1.807, 2.05) is 0 Å². The summed E-state index contributed by atoms with van der Waals surface area (Å²) >= 11 is 0. The predicted octanol–water partition coefficient (Wildman–Crippen LogP) is 2.11. The summed E-state index contributed by atoms with van der Waals surface area (Å²) in [4.78, 5) is 25.8. The van der Waals surface area contributed by atoms with Crippen molar-refractivity contribution in [3.8, 4) is 5.75 Å². The molecule has 0 unspecified atom stereocenters. The van der Waals surface area contributed by atoms with E-state index in [4.69, 9.17) is 10.5 Å². The van der Waals surface area contributed by atoms with Gasteiger partial charge in [-0.1, -0.05) is 0 Å². The Kier molecular flexibility index (Phi) is 6.78. The SMILES string of the molecule is COc1c(N2C[C@H](CF)[C@H](N)C2)c(F)cc2c(=O)c(C(=O)O)cn(C3CC3)c12.FBF. The number of nitrogens with two attached hydrogens (primary N) is 1. The number of pyridine rings is 1. The molecule has 2 fully saturated rings. The highest BCUT2D eigenvalue weighted by Crippen LogP contribution is 2.44. The average molecular weight is 443 g/mol. The maximum absolute atomic E-state index is 15.1.